The summed E-state index contributed by atoms with van der Waals surface area (Å²) in [5, 5.41) is 12.7. The zero-order valence-electron chi connectivity index (χ0n) is 11.0. The molecule has 100 valence electrons. The van der Waals surface area contributed by atoms with Gasteiger partial charge in [0.1, 0.15) is 6.54 Å². The number of carbonyl (C=O) groups excluding carboxylic acids is 1. The monoisotopic (exact) mass is 253 g/mol. The van der Waals surface area contributed by atoms with Gasteiger partial charge in [-0.2, -0.15) is 5.10 Å². The van der Waals surface area contributed by atoms with Crippen LogP contribution in [0.3, 0.4) is 0 Å². The number of rotatable bonds is 6. The summed E-state index contributed by atoms with van der Waals surface area (Å²) < 4.78 is 1.66. The molecule has 1 aromatic rings. The number of carbonyl (C=O) groups is 2. The first kappa shape index (κ1) is 14.2. The van der Waals surface area contributed by atoms with Crippen molar-refractivity contribution in [3.63, 3.8) is 0 Å². The van der Waals surface area contributed by atoms with Gasteiger partial charge in [0, 0.05) is 25.7 Å². The maximum Gasteiger partial charge on any atom is 0.303 e. The van der Waals surface area contributed by atoms with E-state index >= 15 is 0 Å². The first-order valence-corrected chi connectivity index (χ1v) is 5.87. The van der Waals surface area contributed by atoms with Crippen LogP contribution in [0.1, 0.15) is 24.2 Å². The molecule has 1 rings (SSSR count). The van der Waals surface area contributed by atoms with Gasteiger partial charge in [0.15, 0.2) is 0 Å². The van der Waals surface area contributed by atoms with Crippen molar-refractivity contribution in [3.8, 4) is 0 Å². The van der Waals surface area contributed by atoms with E-state index < -0.39 is 5.97 Å². The Bertz CT molecular complexity index is 440. The molecule has 0 radical (unpaired) electrons. The van der Waals surface area contributed by atoms with Crippen LogP contribution in [0.5, 0.6) is 0 Å². The highest BCUT2D eigenvalue weighted by atomic mass is 16.4. The van der Waals surface area contributed by atoms with E-state index in [0.717, 1.165) is 11.4 Å². The largest absolute Gasteiger partial charge is 0.481 e. The first-order valence-electron chi connectivity index (χ1n) is 5.87. The molecule has 0 fully saturated rings. The smallest absolute Gasteiger partial charge is 0.303 e. The van der Waals surface area contributed by atoms with Crippen LogP contribution in [0.25, 0.3) is 0 Å². The van der Waals surface area contributed by atoms with Crippen molar-refractivity contribution in [3.05, 3.63) is 17.5 Å². The Morgan fingerprint density at radius 1 is 1.44 bits per heavy atom. The number of carboxylic acid groups (broad SMARTS) is 1. The second-order valence-corrected chi connectivity index (χ2v) is 4.40. The molecule has 0 atom stereocenters. The van der Waals surface area contributed by atoms with E-state index in [1.165, 1.54) is 0 Å². The molecule has 0 bridgehead atoms. The van der Waals surface area contributed by atoms with Gasteiger partial charge in [-0.1, -0.05) is 0 Å². The van der Waals surface area contributed by atoms with Gasteiger partial charge in [0.05, 0.1) is 5.69 Å². The average Bonchev–Trinajstić information content (AvgIpc) is 2.56. The molecule has 0 saturated heterocycles. The molecule has 0 aliphatic heterocycles. The lowest BCUT2D eigenvalue weighted by Gasteiger charge is -2.17. The van der Waals surface area contributed by atoms with Gasteiger partial charge in [-0.25, -0.2) is 0 Å². The normalized spacial score (nSPS) is 10.4. The number of hydrogen-bond acceptors (Lipinski definition) is 3. The molecule has 6 nitrogen and oxygen atoms in total. The molecular weight excluding hydrogens is 234 g/mol. The van der Waals surface area contributed by atoms with Crippen molar-refractivity contribution in [2.45, 2.75) is 33.2 Å². The minimum atomic E-state index is -0.839. The number of hydrogen-bond donors (Lipinski definition) is 1. The summed E-state index contributed by atoms with van der Waals surface area (Å²) in [6, 6.07) is 1.91. The van der Waals surface area contributed by atoms with Crippen LogP contribution < -0.4 is 0 Å². The van der Waals surface area contributed by atoms with Crippen LogP contribution in [0.15, 0.2) is 6.07 Å². The molecule has 1 amide bonds. The van der Waals surface area contributed by atoms with Gasteiger partial charge >= 0.3 is 5.97 Å². The topological polar surface area (TPSA) is 75.4 Å². The van der Waals surface area contributed by atoms with E-state index in [9.17, 15) is 9.59 Å². The van der Waals surface area contributed by atoms with Gasteiger partial charge in [-0.05, 0) is 26.3 Å². The van der Waals surface area contributed by atoms with Crippen LogP contribution >= 0.6 is 0 Å². The highest BCUT2D eigenvalue weighted by Crippen LogP contribution is 2.03. The number of nitrogens with zero attached hydrogens (tertiary/aromatic N) is 3. The molecule has 0 spiro atoms. The number of likely N-dealkylation sites (N-methyl/N-ethyl adjacent to an activating group) is 1. The van der Waals surface area contributed by atoms with E-state index in [4.69, 9.17) is 5.11 Å². The molecule has 0 unspecified atom stereocenters. The van der Waals surface area contributed by atoms with Crippen LogP contribution in [0, 0.1) is 13.8 Å². The van der Waals surface area contributed by atoms with Crippen molar-refractivity contribution < 1.29 is 14.7 Å². The number of aromatic nitrogens is 2. The van der Waals surface area contributed by atoms with Gasteiger partial charge < -0.3 is 10.0 Å². The first-order chi connectivity index (χ1) is 8.40. The second kappa shape index (κ2) is 6.18. The van der Waals surface area contributed by atoms with E-state index in [-0.39, 0.29) is 18.9 Å². The third-order valence-electron chi connectivity index (χ3n) is 2.70. The fourth-order valence-corrected chi connectivity index (χ4v) is 1.68. The third kappa shape index (κ3) is 4.20. The summed E-state index contributed by atoms with van der Waals surface area (Å²) in [4.78, 5) is 23.8. The van der Waals surface area contributed by atoms with Gasteiger partial charge in [0.2, 0.25) is 5.91 Å². The molecule has 1 aromatic heterocycles. The van der Waals surface area contributed by atoms with Crippen LogP contribution in [0.4, 0.5) is 0 Å². The van der Waals surface area contributed by atoms with E-state index in [1.54, 1.807) is 16.6 Å². The molecule has 0 aliphatic rings. The van der Waals surface area contributed by atoms with Gasteiger partial charge in [-0.3, -0.25) is 14.3 Å². The Hall–Kier alpha value is -1.85. The second-order valence-electron chi connectivity index (χ2n) is 4.40. The molecule has 0 aromatic carbocycles. The van der Waals surface area contributed by atoms with Crippen LogP contribution in [0.2, 0.25) is 0 Å². The third-order valence-corrected chi connectivity index (χ3v) is 2.70. The van der Waals surface area contributed by atoms with Crippen molar-refractivity contribution in [1.82, 2.24) is 14.7 Å². The lowest BCUT2D eigenvalue weighted by molar-refractivity contribution is -0.138. The van der Waals surface area contributed by atoms with Crippen molar-refractivity contribution in [2.24, 2.45) is 0 Å². The summed E-state index contributed by atoms with van der Waals surface area (Å²) >= 11 is 0. The number of amides is 1. The van der Waals surface area contributed by atoms with Gasteiger partial charge in [0.25, 0.3) is 0 Å². The minimum absolute atomic E-state index is 0.0633. The summed E-state index contributed by atoms with van der Waals surface area (Å²) in [5.74, 6) is -0.902. The Labute approximate surface area is 106 Å². The van der Waals surface area contributed by atoms with E-state index in [1.807, 2.05) is 19.9 Å². The highest BCUT2D eigenvalue weighted by Gasteiger charge is 2.12. The lowest BCUT2D eigenvalue weighted by Crippen LogP contribution is -2.31. The molecule has 18 heavy (non-hydrogen) atoms. The number of carboxylic acids is 1. The fourth-order valence-electron chi connectivity index (χ4n) is 1.68. The maximum atomic E-state index is 11.9. The van der Waals surface area contributed by atoms with Crippen molar-refractivity contribution in [1.29, 1.82) is 0 Å². The maximum absolute atomic E-state index is 11.9. The predicted molar refractivity (Wildman–Crippen MR) is 66.2 cm³/mol. The molecule has 0 saturated carbocycles. The summed E-state index contributed by atoms with van der Waals surface area (Å²) in [7, 11) is 1.68. The predicted octanol–water partition coefficient (Wildman–Crippen LogP) is 0.823. The van der Waals surface area contributed by atoms with Gasteiger partial charge in [-0.15, -0.1) is 0 Å². The summed E-state index contributed by atoms with van der Waals surface area (Å²) in [6.45, 7) is 4.43. The Morgan fingerprint density at radius 2 is 2.11 bits per heavy atom. The highest BCUT2D eigenvalue weighted by molar-refractivity contribution is 5.75. The SMILES string of the molecule is Cc1cc(C)n(CC(=O)N(C)CCCC(=O)O)n1. The standard InChI is InChI=1S/C12H19N3O3/c1-9-7-10(2)15(13-9)8-11(16)14(3)6-4-5-12(17)18/h7H,4-6,8H2,1-3H3,(H,17,18). The van der Waals surface area contributed by atoms with Crippen molar-refractivity contribution in [2.75, 3.05) is 13.6 Å². The molecule has 0 aliphatic carbocycles. The summed E-state index contributed by atoms with van der Waals surface area (Å²) in [6.07, 6.45) is 0.548. The quantitative estimate of drug-likeness (QED) is 0.814. The molecular formula is C12H19N3O3. The zero-order chi connectivity index (χ0) is 13.7. The molecule has 1 heterocycles. The zero-order valence-corrected chi connectivity index (χ0v) is 11.0. The van der Waals surface area contributed by atoms with Crippen LogP contribution in [-0.2, 0) is 16.1 Å². The molecule has 1 N–H and O–H groups in total. The lowest BCUT2D eigenvalue weighted by atomic mass is 10.3. The Kier molecular flexibility index (Phi) is 4.88. The minimum Gasteiger partial charge on any atom is -0.481 e. The molecule has 6 heteroatoms. The number of aliphatic carboxylic acids is 1. The van der Waals surface area contributed by atoms with E-state index in [0.29, 0.717) is 13.0 Å². The van der Waals surface area contributed by atoms with Crippen LogP contribution in [-0.4, -0.2) is 45.3 Å². The Morgan fingerprint density at radius 3 is 2.61 bits per heavy atom. The average molecular weight is 253 g/mol. The Balaban J connectivity index is 2.44. The van der Waals surface area contributed by atoms with Crippen molar-refractivity contribution >= 4 is 11.9 Å². The van der Waals surface area contributed by atoms with E-state index in [2.05, 4.69) is 5.10 Å². The summed E-state index contributed by atoms with van der Waals surface area (Å²) in [5.41, 5.74) is 1.83. The number of aryl methyl sites for hydroxylation is 2. The fraction of sp³-hybridized carbons (Fsp3) is 0.583.